The molecule has 3 rings (SSSR count). The van der Waals surface area contributed by atoms with Gasteiger partial charge in [0.05, 0.1) is 18.5 Å². The first kappa shape index (κ1) is 14.5. The fraction of sp³-hybridized carbons (Fsp3) is 0.615. The van der Waals surface area contributed by atoms with Crippen LogP contribution in [-0.4, -0.2) is 36.8 Å². The molecule has 0 amide bonds. The van der Waals surface area contributed by atoms with Gasteiger partial charge in [0.25, 0.3) is 0 Å². The van der Waals surface area contributed by atoms with Gasteiger partial charge in [0.1, 0.15) is 11.7 Å². The van der Waals surface area contributed by atoms with Crippen LogP contribution in [0.2, 0.25) is 5.28 Å². The summed E-state index contributed by atoms with van der Waals surface area (Å²) in [4.78, 5) is 12.2. The molecule has 3 N–H and O–H groups in total. The highest BCUT2D eigenvalue weighted by Crippen LogP contribution is 2.34. The summed E-state index contributed by atoms with van der Waals surface area (Å²) in [6.45, 7) is 4.20. The predicted octanol–water partition coefficient (Wildman–Crippen LogP) is 1.76. The molecule has 3 atom stereocenters. The summed E-state index contributed by atoms with van der Waals surface area (Å²) in [7, 11) is 0. The van der Waals surface area contributed by atoms with Crippen molar-refractivity contribution in [1.82, 2.24) is 19.5 Å². The van der Waals surface area contributed by atoms with Crippen LogP contribution in [0.5, 0.6) is 0 Å². The second kappa shape index (κ2) is 5.40. The molecule has 1 fully saturated rings. The van der Waals surface area contributed by atoms with Crippen LogP contribution in [-0.2, 0) is 4.74 Å². The number of imidazole rings is 1. The Morgan fingerprint density at radius 2 is 2.29 bits per heavy atom. The fourth-order valence-electron chi connectivity index (χ4n) is 2.68. The van der Waals surface area contributed by atoms with Gasteiger partial charge in [-0.1, -0.05) is 13.8 Å². The number of aliphatic hydroxyl groups is 1. The first-order valence-corrected chi connectivity index (χ1v) is 7.32. The molecule has 0 aliphatic carbocycles. The molecular weight excluding hydrogens is 294 g/mol. The molecule has 1 aliphatic heterocycles. The van der Waals surface area contributed by atoms with Gasteiger partial charge in [-0.05, 0) is 23.9 Å². The smallest absolute Gasteiger partial charge is 0.226 e. The maximum absolute atomic E-state index is 10.1. The van der Waals surface area contributed by atoms with Gasteiger partial charge in [-0.2, -0.15) is 9.97 Å². The lowest BCUT2D eigenvalue weighted by Crippen LogP contribution is -2.22. The molecule has 7 nitrogen and oxygen atoms in total. The van der Waals surface area contributed by atoms with Crippen LogP contribution >= 0.6 is 11.6 Å². The van der Waals surface area contributed by atoms with Crippen molar-refractivity contribution in [3.8, 4) is 0 Å². The molecule has 1 saturated heterocycles. The normalized spacial score (nSPS) is 26.0. The Hall–Kier alpha value is -1.44. The first-order valence-electron chi connectivity index (χ1n) is 6.94. The van der Waals surface area contributed by atoms with E-state index in [2.05, 4.69) is 28.8 Å². The predicted molar refractivity (Wildman–Crippen MR) is 78.7 cm³/mol. The Morgan fingerprint density at radius 1 is 1.52 bits per heavy atom. The van der Waals surface area contributed by atoms with E-state index >= 15 is 0 Å². The number of hydrogen-bond donors (Lipinski definition) is 2. The van der Waals surface area contributed by atoms with E-state index in [0.29, 0.717) is 23.5 Å². The minimum Gasteiger partial charge on any atom is -0.390 e. The third-order valence-corrected chi connectivity index (χ3v) is 3.81. The van der Waals surface area contributed by atoms with Gasteiger partial charge in [0.15, 0.2) is 11.5 Å². The molecule has 0 unspecified atom stereocenters. The van der Waals surface area contributed by atoms with Crippen molar-refractivity contribution in [3.05, 3.63) is 11.6 Å². The molecule has 0 saturated carbocycles. The maximum Gasteiger partial charge on any atom is 0.226 e. The Kier molecular flexibility index (Phi) is 3.73. The summed E-state index contributed by atoms with van der Waals surface area (Å²) < 4.78 is 7.70. The zero-order chi connectivity index (χ0) is 15.1. The Bertz CT molecular complexity index is 659. The number of aliphatic hydroxyl groups excluding tert-OH is 1. The van der Waals surface area contributed by atoms with Crippen molar-refractivity contribution >= 4 is 28.6 Å². The summed E-state index contributed by atoms with van der Waals surface area (Å²) >= 11 is 5.85. The highest BCUT2D eigenvalue weighted by Gasteiger charge is 2.36. The Balaban J connectivity index is 1.91. The summed E-state index contributed by atoms with van der Waals surface area (Å²) in [5.41, 5.74) is 6.80. The lowest BCUT2D eigenvalue weighted by Gasteiger charge is -2.17. The van der Waals surface area contributed by atoms with E-state index in [1.54, 1.807) is 10.9 Å². The van der Waals surface area contributed by atoms with Gasteiger partial charge in [-0.15, -0.1) is 0 Å². The Morgan fingerprint density at radius 3 is 3.00 bits per heavy atom. The van der Waals surface area contributed by atoms with Gasteiger partial charge < -0.3 is 15.6 Å². The molecule has 0 aromatic carbocycles. The number of fused-ring (bicyclic) bond motifs is 1. The number of halogens is 1. The van der Waals surface area contributed by atoms with Crippen molar-refractivity contribution in [2.24, 2.45) is 5.92 Å². The third-order valence-electron chi connectivity index (χ3n) is 3.64. The van der Waals surface area contributed by atoms with Crippen molar-refractivity contribution < 1.29 is 9.84 Å². The van der Waals surface area contributed by atoms with Crippen LogP contribution in [0.1, 0.15) is 32.9 Å². The standard InChI is InChI=1S/C13H18ClN5O2/c1-6(2)3-8-7(20)4-9(21-8)19-5-16-10-11(15)17-13(14)18-12(10)19/h5-9,20H,3-4H2,1-2H3,(H2,15,17,18)/t7-,8+,9+/m0/s1. The molecular formula is C13H18ClN5O2. The van der Waals surface area contributed by atoms with Crippen molar-refractivity contribution in [1.29, 1.82) is 0 Å². The SMILES string of the molecule is CC(C)C[C@H]1O[C@@H](n2cnc3c(N)nc(Cl)nc32)C[C@@H]1O. The molecule has 2 aromatic heterocycles. The highest BCUT2D eigenvalue weighted by atomic mass is 35.5. The van der Waals surface area contributed by atoms with Crippen LogP contribution < -0.4 is 5.73 Å². The number of rotatable bonds is 3. The van der Waals surface area contributed by atoms with Crippen molar-refractivity contribution in [3.63, 3.8) is 0 Å². The maximum atomic E-state index is 10.1. The lowest BCUT2D eigenvalue weighted by atomic mass is 10.0. The average Bonchev–Trinajstić information content (AvgIpc) is 2.93. The van der Waals surface area contributed by atoms with Crippen LogP contribution in [0.15, 0.2) is 6.33 Å². The number of nitrogens with two attached hydrogens (primary N) is 1. The number of ether oxygens (including phenoxy) is 1. The van der Waals surface area contributed by atoms with Gasteiger partial charge >= 0.3 is 0 Å². The van der Waals surface area contributed by atoms with Gasteiger partial charge in [0.2, 0.25) is 5.28 Å². The fourth-order valence-corrected chi connectivity index (χ4v) is 2.86. The van der Waals surface area contributed by atoms with Crippen LogP contribution in [0, 0.1) is 5.92 Å². The van der Waals surface area contributed by atoms with E-state index in [4.69, 9.17) is 22.1 Å². The largest absolute Gasteiger partial charge is 0.390 e. The molecule has 2 aromatic rings. The zero-order valence-corrected chi connectivity index (χ0v) is 12.7. The molecule has 0 radical (unpaired) electrons. The van der Waals surface area contributed by atoms with Crippen molar-refractivity contribution in [2.45, 2.75) is 45.1 Å². The summed E-state index contributed by atoms with van der Waals surface area (Å²) in [6, 6.07) is 0. The molecule has 114 valence electrons. The van der Waals surface area contributed by atoms with E-state index in [9.17, 15) is 5.11 Å². The lowest BCUT2D eigenvalue weighted by molar-refractivity contribution is -0.0264. The molecule has 8 heteroatoms. The van der Waals surface area contributed by atoms with E-state index in [-0.39, 0.29) is 23.4 Å². The number of anilines is 1. The number of nitrogens with zero attached hydrogens (tertiary/aromatic N) is 4. The topological polar surface area (TPSA) is 99.1 Å². The summed E-state index contributed by atoms with van der Waals surface area (Å²) in [5, 5.41) is 10.2. The number of hydrogen-bond acceptors (Lipinski definition) is 6. The van der Waals surface area contributed by atoms with Crippen LogP contribution in [0.3, 0.4) is 0 Å². The van der Waals surface area contributed by atoms with Gasteiger partial charge in [-0.25, -0.2) is 4.98 Å². The van der Waals surface area contributed by atoms with Crippen LogP contribution in [0.25, 0.3) is 11.2 Å². The molecule has 1 aliphatic rings. The Labute approximate surface area is 127 Å². The van der Waals surface area contributed by atoms with Gasteiger partial charge in [-0.3, -0.25) is 4.57 Å². The third kappa shape index (κ3) is 2.68. The zero-order valence-electron chi connectivity index (χ0n) is 11.9. The monoisotopic (exact) mass is 311 g/mol. The minimum absolute atomic E-state index is 0.0685. The number of aromatic nitrogens is 4. The van der Waals surface area contributed by atoms with Crippen LogP contribution in [0.4, 0.5) is 5.82 Å². The summed E-state index contributed by atoms with van der Waals surface area (Å²) in [6.07, 6.45) is 1.90. The highest BCUT2D eigenvalue weighted by molar-refractivity contribution is 6.28. The average molecular weight is 312 g/mol. The molecule has 0 spiro atoms. The van der Waals surface area contributed by atoms with E-state index in [0.717, 1.165) is 6.42 Å². The van der Waals surface area contributed by atoms with Crippen molar-refractivity contribution in [2.75, 3.05) is 5.73 Å². The second-order valence-electron chi connectivity index (χ2n) is 5.76. The molecule has 0 bridgehead atoms. The van der Waals surface area contributed by atoms with E-state index in [1.165, 1.54) is 0 Å². The quantitative estimate of drug-likeness (QED) is 0.838. The first-order chi connectivity index (χ1) is 9.95. The summed E-state index contributed by atoms with van der Waals surface area (Å²) in [5.74, 6) is 0.691. The van der Waals surface area contributed by atoms with E-state index < -0.39 is 6.10 Å². The molecule has 21 heavy (non-hydrogen) atoms. The van der Waals surface area contributed by atoms with E-state index in [1.807, 2.05) is 0 Å². The molecule has 3 heterocycles. The van der Waals surface area contributed by atoms with Gasteiger partial charge in [0, 0.05) is 6.42 Å². The minimum atomic E-state index is -0.496. The number of nitrogen functional groups attached to an aromatic ring is 1. The second-order valence-corrected chi connectivity index (χ2v) is 6.10.